The van der Waals surface area contributed by atoms with Crippen LogP contribution in [-0.4, -0.2) is 152 Å². The number of benzene rings is 6. The molecule has 18 rings (SSSR count). The van der Waals surface area contributed by atoms with Gasteiger partial charge < -0.3 is 34.1 Å². The van der Waals surface area contributed by atoms with Crippen molar-refractivity contribution in [3.63, 3.8) is 0 Å². The first-order valence-electron chi connectivity index (χ1n) is 44.7. The van der Waals surface area contributed by atoms with Crippen molar-refractivity contribution in [2.45, 2.75) is 141 Å². The normalized spacial score (nSPS) is 14.4. The Bertz CT molecular complexity index is 5620. The molecule has 0 atom stereocenters. The Kier molecular flexibility index (Phi) is 36.3. The molecule has 6 aliphatic heterocycles. The average molecular weight is 1730 g/mol. The lowest BCUT2D eigenvalue weighted by molar-refractivity contribution is 0.414. The Hall–Kier alpha value is -13.6. The molecule has 0 N–H and O–H groups in total. The number of nitrogens with zero attached hydrogens (tertiary/aromatic N) is 18. The first-order valence-corrected chi connectivity index (χ1v) is 46.3. The number of ether oxygens (including phenoxy) is 1. The first-order chi connectivity index (χ1) is 62.9. The summed E-state index contributed by atoms with van der Waals surface area (Å²) < 4.78 is 5.19. The summed E-state index contributed by atoms with van der Waals surface area (Å²) in [5, 5.41) is 0.693. The summed E-state index contributed by atoms with van der Waals surface area (Å²) >= 11 is 7.66. The van der Waals surface area contributed by atoms with Crippen molar-refractivity contribution in [1.29, 1.82) is 0 Å². The van der Waals surface area contributed by atoms with Gasteiger partial charge in [0, 0.05) is 196 Å². The van der Waals surface area contributed by atoms with Crippen molar-refractivity contribution < 1.29 is 4.74 Å². The lowest BCUT2D eigenvalue weighted by Gasteiger charge is -2.26. The molecule has 19 nitrogen and oxygen atoms in total. The molecule has 0 amide bonds. The van der Waals surface area contributed by atoms with Gasteiger partial charge in [0.1, 0.15) is 5.75 Å². The highest BCUT2D eigenvalue weighted by Gasteiger charge is 2.19. The topological polar surface area (TPSA) is 183 Å². The van der Waals surface area contributed by atoms with Gasteiger partial charge in [0.05, 0.1) is 40.5 Å². The van der Waals surface area contributed by atoms with E-state index in [2.05, 4.69) is 230 Å². The van der Waals surface area contributed by atoms with Crippen LogP contribution in [0.3, 0.4) is 0 Å². The Morgan fingerprint density at radius 1 is 0.242 bits per heavy atom. The molecule has 0 aliphatic carbocycles. The predicted octanol–water partition coefficient (Wildman–Crippen LogP) is 19.5. The van der Waals surface area contributed by atoms with Crippen molar-refractivity contribution in [2.24, 2.45) is 0 Å². The van der Waals surface area contributed by atoms with Crippen LogP contribution in [0, 0.1) is 91.8 Å². The van der Waals surface area contributed by atoms with Crippen molar-refractivity contribution >= 4 is 59.1 Å². The minimum absolute atomic E-state index is 0.693. The maximum atomic E-state index is 5.94. The molecule has 6 aromatic heterocycles. The predicted molar refractivity (Wildman–Crippen MR) is 521 cm³/mol. The molecule has 0 bridgehead atoms. The zero-order valence-corrected chi connectivity index (χ0v) is 75.8. The molecule has 0 unspecified atom stereocenters. The Labute approximate surface area is 766 Å². The average Bonchev–Trinajstić information content (AvgIpc) is 0.867. The number of hydrogen-bond acceptors (Lipinski definition) is 20. The van der Waals surface area contributed by atoms with Crippen LogP contribution in [0.25, 0.3) is 0 Å². The lowest BCUT2D eigenvalue weighted by atomic mass is 10.1. The van der Waals surface area contributed by atoms with E-state index in [1.165, 1.54) is 137 Å². The highest BCUT2D eigenvalue weighted by Crippen LogP contribution is 2.24. The molecule has 6 aliphatic rings. The van der Waals surface area contributed by atoms with Gasteiger partial charge in [0.15, 0.2) is 0 Å². The third kappa shape index (κ3) is 30.9. The smallest absolute Gasteiger partial charge is 0.225 e. The SMILES string of the molecule is C(#Cc1cnc(N2CCCCC2)nc1)c1ccccc1.COc1cccc(C#Cc2cnc(N3CCCCC3)nc2)c1.CSc1cccc(C#Cc2cnc(N3CCCCC3)nc2)c1.Cc1cc(C)cc(C#Cc2cnc(N3CCCCC3)nc2)c1.Cc1cccc(C#Cc2cnc(N3CCCCC3)nc2)c1.Clc1cccc(C#Cc2cnc(N3CCCCC3)nc2)c1. The summed E-state index contributed by atoms with van der Waals surface area (Å²) in [5.74, 6) is 43.3. The zero-order valence-electron chi connectivity index (χ0n) is 74.2. The highest BCUT2D eigenvalue weighted by molar-refractivity contribution is 7.98. The number of thioether (sulfide) groups is 1. The Morgan fingerprint density at radius 3 is 0.797 bits per heavy atom. The number of halogens is 1. The van der Waals surface area contributed by atoms with Gasteiger partial charge >= 0.3 is 0 Å². The van der Waals surface area contributed by atoms with E-state index in [0.29, 0.717) is 5.02 Å². The monoisotopic (exact) mass is 1730 g/mol. The number of aryl methyl sites for hydroxylation is 3. The van der Waals surface area contributed by atoms with Crippen LogP contribution in [0.2, 0.25) is 5.02 Å². The molecule has 12 aromatic rings. The number of aromatic nitrogens is 12. The summed E-state index contributed by atoms with van der Waals surface area (Å²) in [6.07, 6.45) is 46.4. The summed E-state index contributed by atoms with van der Waals surface area (Å²) in [6, 6.07) is 47.9. The van der Waals surface area contributed by atoms with E-state index >= 15 is 0 Å². The van der Waals surface area contributed by atoms with Crippen LogP contribution in [0.1, 0.15) is 199 Å². The molecule has 12 heterocycles. The summed E-state index contributed by atoms with van der Waals surface area (Å²) in [7, 11) is 1.65. The maximum Gasteiger partial charge on any atom is 0.225 e. The molecule has 0 radical (unpaired) electrons. The van der Waals surface area contributed by atoms with Crippen molar-refractivity contribution in [3.05, 3.63) is 308 Å². The van der Waals surface area contributed by atoms with E-state index in [4.69, 9.17) is 16.3 Å². The van der Waals surface area contributed by atoms with E-state index in [-0.39, 0.29) is 0 Å². The minimum Gasteiger partial charge on any atom is -0.497 e. The van der Waals surface area contributed by atoms with Crippen molar-refractivity contribution in [3.8, 4) is 76.8 Å². The third-order valence-corrected chi connectivity index (χ3v) is 22.7. The fraction of sp³-hybridized carbons (Fsp3) is 0.327. The molecular formula is C107H111ClN18OS. The minimum atomic E-state index is 0.693. The number of methoxy groups -OCH3 is 1. The Balaban J connectivity index is 0.000000131. The number of hydrogen-bond donors (Lipinski definition) is 0. The van der Waals surface area contributed by atoms with E-state index in [9.17, 15) is 0 Å². The number of rotatable bonds is 8. The standard InChI is InChI=1S/C19H21N3.C18H19N3O.C18H19N3S.C18H19N3.C17H16ClN3.C17H17N3/c1-15-10-16(2)12-17(11-15)6-7-18-13-20-19(21-14-18)22-8-4-3-5-9-22;2*1-22-17-7-5-6-15(12-17)8-9-16-13-19-18(20-14-16)21-10-3-2-4-11-21;1-15-6-5-7-16(12-15)8-9-17-13-19-18(20-14-17)21-10-3-2-4-11-21;18-16-6-4-5-14(11-16)7-8-15-12-19-17(20-13-15)21-9-2-1-3-10-21;1-3-7-15(8-4-1)9-10-16-13-18-17(19-14-16)20-11-5-2-6-12-20/h10-14H,3-5,8-9H2,1-2H3;2*5-7,12-14H,2-4,10-11H2,1H3;5-7,12-14H,2-4,10-11H2,1H3;4-6,11-13H,1-3,9-10H2;1,3-4,7-8,13-14H,2,5-6,11-12H2. The van der Waals surface area contributed by atoms with Crippen LogP contribution in [0.4, 0.5) is 35.7 Å². The second-order valence-electron chi connectivity index (χ2n) is 32.0. The first kappa shape index (κ1) is 92.1. The van der Waals surface area contributed by atoms with Crippen LogP contribution in [0.5, 0.6) is 5.75 Å². The summed E-state index contributed by atoms with van der Waals surface area (Å²) in [6.45, 7) is 19.0. The molecule has 6 fully saturated rings. The molecule has 0 saturated carbocycles. The van der Waals surface area contributed by atoms with Crippen LogP contribution >= 0.6 is 23.4 Å². The Morgan fingerprint density at radius 2 is 0.492 bits per heavy atom. The van der Waals surface area contributed by atoms with Gasteiger partial charge in [0.25, 0.3) is 0 Å². The third-order valence-electron chi connectivity index (χ3n) is 21.7. The van der Waals surface area contributed by atoms with E-state index in [0.717, 1.165) is 187 Å². The van der Waals surface area contributed by atoms with Gasteiger partial charge in [-0.2, -0.15) is 0 Å². The largest absolute Gasteiger partial charge is 0.497 e. The molecule has 648 valence electrons. The zero-order chi connectivity index (χ0) is 88.4. The van der Waals surface area contributed by atoms with Gasteiger partial charge in [-0.25, -0.2) is 59.8 Å². The van der Waals surface area contributed by atoms with Crippen LogP contribution in [-0.2, 0) is 0 Å². The summed E-state index contributed by atoms with van der Waals surface area (Å²) in [5.41, 5.74) is 14.7. The van der Waals surface area contributed by atoms with Gasteiger partial charge in [0.2, 0.25) is 35.7 Å². The highest BCUT2D eigenvalue weighted by atomic mass is 35.5. The number of piperidine rings is 6. The lowest BCUT2D eigenvalue weighted by Crippen LogP contribution is -2.30. The maximum absolute atomic E-state index is 5.94. The van der Waals surface area contributed by atoms with Gasteiger partial charge in [-0.1, -0.05) is 137 Å². The molecule has 6 aromatic carbocycles. The van der Waals surface area contributed by atoms with E-state index < -0.39 is 0 Å². The van der Waals surface area contributed by atoms with Crippen LogP contribution in [0.15, 0.2) is 225 Å². The van der Waals surface area contributed by atoms with Gasteiger partial charge in [-0.05, 0) is 250 Å². The van der Waals surface area contributed by atoms with Crippen molar-refractivity contribution in [1.82, 2.24) is 59.8 Å². The quantitative estimate of drug-likeness (QED) is 0.103. The fourth-order valence-corrected chi connectivity index (χ4v) is 15.6. The fourth-order valence-electron chi connectivity index (χ4n) is 15.0. The van der Waals surface area contributed by atoms with Crippen LogP contribution < -0.4 is 34.1 Å². The van der Waals surface area contributed by atoms with E-state index in [1.807, 2.05) is 153 Å². The molecule has 21 heteroatoms. The molecular weight excluding hydrogens is 1620 g/mol. The van der Waals surface area contributed by atoms with Gasteiger partial charge in [-0.15, -0.1) is 11.8 Å². The van der Waals surface area contributed by atoms with Crippen molar-refractivity contribution in [2.75, 3.05) is 121 Å². The molecule has 6 saturated heterocycles. The molecule has 128 heavy (non-hydrogen) atoms. The van der Waals surface area contributed by atoms with E-state index in [1.54, 1.807) is 43.7 Å². The van der Waals surface area contributed by atoms with Gasteiger partial charge in [-0.3, -0.25) is 0 Å². The number of anilines is 6. The summed E-state index contributed by atoms with van der Waals surface area (Å²) in [4.78, 5) is 68.0. The second-order valence-corrected chi connectivity index (χ2v) is 33.3. The second kappa shape index (κ2) is 50.5. The molecule has 0 spiro atoms.